The van der Waals surface area contributed by atoms with E-state index in [-0.39, 0.29) is 0 Å². The van der Waals surface area contributed by atoms with Gasteiger partial charge in [0.05, 0.1) is 18.8 Å². The van der Waals surface area contributed by atoms with E-state index >= 15 is 0 Å². The van der Waals surface area contributed by atoms with Crippen molar-refractivity contribution in [2.45, 2.75) is 237 Å². The molecule has 0 heterocycles. The van der Waals surface area contributed by atoms with E-state index in [0.717, 1.165) is 51.4 Å². The first-order valence-corrected chi connectivity index (χ1v) is 21.2. The summed E-state index contributed by atoms with van der Waals surface area (Å²) in [5.74, 6) is -0.602. The molecule has 290 valence electrons. The fraction of sp³-hybridized carbons (Fsp3) is 0.884. The number of aliphatic hydroxyl groups is 4. The number of hydrogen-bond acceptors (Lipinski definition) is 5. The molecule has 0 aromatic heterocycles. The molecule has 49 heavy (non-hydrogen) atoms. The zero-order chi connectivity index (χ0) is 36.0. The zero-order valence-electron chi connectivity index (χ0n) is 32.4. The maximum Gasteiger partial charge on any atom is 0.249 e. The topological polar surface area (TPSA) is 110 Å². The fourth-order valence-electron chi connectivity index (χ4n) is 6.46. The average Bonchev–Trinajstić information content (AvgIpc) is 3.11. The molecule has 1 amide bonds. The van der Waals surface area contributed by atoms with E-state index in [1.165, 1.54) is 135 Å². The summed E-state index contributed by atoms with van der Waals surface area (Å²) in [5.41, 5.74) is 0. The van der Waals surface area contributed by atoms with Crippen LogP contribution in [0, 0.1) is 0 Å². The zero-order valence-corrected chi connectivity index (χ0v) is 32.4. The van der Waals surface area contributed by atoms with Gasteiger partial charge < -0.3 is 25.7 Å². The molecule has 4 unspecified atom stereocenters. The van der Waals surface area contributed by atoms with Crippen molar-refractivity contribution >= 4 is 5.91 Å². The smallest absolute Gasteiger partial charge is 0.249 e. The molecule has 0 saturated heterocycles. The molecule has 6 heteroatoms. The van der Waals surface area contributed by atoms with Gasteiger partial charge >= 0.3 is 0 Å². The minimum Gasteiger partial charge on any atom is -0.394 e. The highest BCUT2D eigenvalue weighted by Crippen LogP contribution is 2.15. The number of aliphatic hydroxyl groups excluding tert-OH is 4. The number of nitrogens with one attached hydrogen (secondary N) is 1. The van der Waals surface area contributed by atoms with Gasteiger partial charge in [-0.2, -0.15) is 0 Å². The number of allylic oxidation sites excluding steroid dienone is 4. The van der Waals surface area contributed by atoms with E-state index in [9.17, 15) is 25.2 Å². The Morgan fingerprint density at radius 1 is 0.490 bits per heavy atom. The number of carbonyl (C=O) groups is 1. The Morgan fingerprint density at radius 3 is 1.22 bits per heavy atom. The minimum absolute atomic E-state index is 0.350. The third-order valence-electron chi connectivity index (χ3n) is 9.88. The van der Waals surface area contributed by atoms with Gasteiger partial charge in [0, 0.05) is 0 Å². The van der Waals surface area contributed by atoms with Crippen LogP contribution in [0.25, 0.3) is 0 Å². The molecular formula is C43H83NO5. The molecule has 0 aliphatic carbocycles. The molecular weight excluding hydrogens is 610 g/mol. The van der Waals surface area contributed by atoms with Gasteiger partial charge in [-0.3, -0.25) is 4.79 Å². The van der Waals surface area contributed by atoms with Crippen LogP contribution in [0.5, 0.6) is 0 Å². The van der Waals surface area contributed by atoms with Crippen molar-refractivity contribution in [3.63, 3.8) is 0 Å². The predicted molar refractivity (Wildman–Crippen MR) is 210 cm³/mol. The van der Waals surface area contributed by atoms with Gasteiger partial charge in [-0.25, -0.2) is 0 Å². The van der Waals surface area contributed by atoms with Crippen LogP contribution in [0.3, 0.4) is 0 Å². The van der Waals surface area contributed by atoms with Crippen molar-refractivity contribution in [2.24, 2.45) is 0 Å². The Labute approximate surface area is 304 Å². The van der Waals surface area contributed by atoms with Crippen LogP contribution < -0.4 is 5.32 Å². The molecule has 5 N–H and O–H groups in total. The highest BCUT2D eigenvalue weighted by atomic mass is 16.3. The van der Waals surface area contributed by atoms with Crippen LogP contribution in [0.4, 0.5) is 0 Å². The second-order valence-corrected chi connectivity index (χ2v) is 14.7. The standard InChI is InChI=1S/C43H83NO5/c1-3-5-7-9-11-13-15-17-19-21-23-25-27-29-31-33-35-37-41(47)43(49)44-39(38-45)42(48)40(46)36-34-32-30-28-26-24-22-20-18-16-14-12-10-8-6-4-2/h23,25,28,30,39-42,45-48H,3-22,24,26-27,29,31-38H2,1-2H3,(H,44,49)/b25-23-,30-28+. The maximum absolute atomic E-state index is 12.5. The van der Waals surface area contributed by atoms with Gasteiger partial charge in [0.15, 0.2) is 0 Å². The number of carbonyl (C=O) groups excluding carboxylic acids is 1. The Balaban J connectivity index is 3.81. The first-order valence-electron chi connectivity index (χ1n) is 21.2. The number of amides is 1. The van der Waals surface area contributed by atoms with Crippen molar-refractivity contribution in [3.8, 4) is 0 Å². The third-order valence-corrected chi connectivity index (χ3v) is 9.88. The summed E-state index contributed by atoms with van der Waals surface area (Å²) in [6.07, 6.45) is 42.0. The predicted octanol–water partition coefficient (Wildman–Crippen LogP) is 10.8. The molecule has 0 saturated carbocycles. The molecule has 0 radical (unpaired) electrons. The van der Waals surface area contributed by atoms with Gasteiger partial charge in [0.1, 0.15) is 12.2 Å². The summed E-state index contributed by atoms with van der Waals surface area (Å²) in [7, 11) is 0. The molecule has 0 bridgehead atoms. The van der Waals surface area contributed by atoms with Crippen molar-refractivity contribution in [1.82, 2.24) is 5.32 Å². The van der Waals surface area contributed by atoms with E-state index in [1.54, 1.807) is 0 Å². The molecule has 0 rings (SSSR count). The molecule has 0 aromatic rings. The molecule has 0 spiro atoms. The van der Waals surface area contributed by atoms with E-state index in [0.29, 0.717) is 12.8 Å². The third kappa shape index (κ3) is 32.4. The van der Waals surface area contributed by atoms with Crippen LogP contribution >= 0.6 is 0 Å². The van der Waals surface area contributed by atoms with Gasteiger partial charge in [0.2, 0.25) is 5.91 Å². The Hall–Kier alpha value is -1.21. The SMILES string of the molecule is CCCCCCCCCCC/C=C\CCCCCCC(O)C(=O)NC(CO)C(O)C(O)CCC/C=C/CCCCCCCCCCCCC. The monoisotopic (exact) mass is 694 g/mol. The minimum atomic E-state index is -1.28. The normalized spacial score (nSPS) is 14.5. The van der Waals surface area contributed by atoms with Gasteiger partial charge in [-0.05, 0) is 64.2 Å². The van der Waals surface area contributed by atoms with E-state index in [4.69, 9.17) is 0 Å². The lowest BCUT2D eigenvalue weighted by molar-refractivity contribution is -0.132. The lowest BCUT2D eigenvalue weighted by Crippen LogP contribution is -2.53. The van der Waals surface area contributed by atoms with Crippen molar-refractivity contribution in [3.05, 3.63) is 24.3 Å². The Kier molecular flexibility index (Phi) is 37.1. The second-order valence-electron chi connectivity index (χ2n) is 14.7. The van der Waals surface area contributed by atoms with Gasteiger partial charge in [-0.1, -0.05) is 173 Å². The summed E-state index contributed by atoms with van der Waals surface area (Å²) >= 11 is 0. The van der Waals surface area contributed by atoms with E-state index < -0.39 is 36.9 Å². The fourth-order valence-corrected chi connectivity index (χ4v) is 6.46. The highest BCUT2D eigenvalue weighted by Gasteiger charge is 2.28. The van der Waals surface area contributed by atoms with E-state index in [2.05, 4.69) is 43.5 Å². The molecule has 0 fully saturated rings. The van der Waals surface area contributed by atoms with Crippen LogP contribution in [0.1, 0.15) is 213 Å². The molecule has 0 aliphatic rings. The van der Waals surface area contributed by atoms with Crippen molar-refractivity contribution in [2.75, 3.05) is 6.61 Å². The van der Waals surface area contributed by atoms with Gasteiger partial charge in [-0.15, -0.1) is 0 Å². The van der Waals surface area contributed by atoms with Crippen LogP contribution in [-0.4, -0.2) is 57.3 Å². The quantitative estimate of drug-likeness (QED) is 0.0327. The summed E-state index contributed by atoms with van der Waals surface area (Å²) in [5, 5.41) is 43.6. The maximum atomic E-state index is 12.5. The Morgan fingerprint density at radius 2 is 0.837 bits per heavy atom. The van der Waals surface area contributed by atoms with Crippen LogP contribution in [0.15, 0.2) is 24.3 Å². The highest BCUT2D eigenvalue weighted by molar-refractivity contribution is 5.80. The molecule has 4 atom stereocenters. The van der Waals surface area contributed by atoms with Gasteiger partial charge in [0.25, 0.3) is 0 Å². The molecule has 6 nitrogen and oxygen atoms in total. The second kappa shape index (κ2) is 38.0. The number of hydrogen-bond donors (Lipinski definition) is 5. The largest absolute Gasteiger partial charge is 0.394 e. The molecule has 0 aromatic carbocycles. The first-order chi connectivity index (χ1) is 24.0. The lowest BCUT2D eigenvalue weighted by Gasteiger charge is -2.27. The number of unbranched alkanes of at least 4 members (excludes halogenated alkanes) is 25. The van der Waals surface area contributed by atoms with Crippen molar-refractivity contribution < 1.29 is 25.2 Å². The van der Waals surface area contributed by atoms with Crippen LogP contribution in [-0.2, 0) is 4.79 Å². The number of rotatable bonds is 38. The summed E-state index contributed by atoms with van der Waals surface area (Å²) in [6.45, 7) is 4.03. The summed E-state index contributed by atoms with van der Waals surface area (Å²) in [4.78, 5) is 12.5. The van der Waals surface area contributed by atoms with E-state index in [1.807, 2.05) is 0 Å². The Bertz CT molecular complexity index is 742. The van der Waals surface area contributed by atoms with Crippen LogP contribution in [0.2, 0.25) is 0 Å². The molecule has 0 aliphatic heterocycles. The summed E-state index contributed by atoms with van der Waals surface area (Å²) in [6, 6.07) is -1.00. The lowest BCUT2D eigenvalue weighted by atomic mass is 10.00. The summed E-state index contributed by atoms with van der Waals surface area (Å²) < 4.78 is 0. The first kappa shape index (κ1) is 47.8. The van der Waals surface area contributed by atoms with Crippen molar-refractivity contribution in [1.29, 1.82) is 0 Å². The average molecular weight is 694 g/mol.